The van der Waals surface area contributed by atoms with Crippen LogP contribution >= 0.6 is 12.2 Å². The summed E-state index contributed by atoms with van der Waals surface area (Å²) in [7, 11) is 3.90. The van der Waals surface area contributed by atoms with Gasteiger partial charge in [0.2, 0.25) is 0 Å². The Balaban J connectivity index is 2.53. The van der Waals surface area contributed by atoms with Gasteiger partial charge in [-0.15, -0.1) is 0 Å². The lowest BCUT2D eigenvalue weighted by atomic mass is 10.2. The minimum atomic E-state index is -0.631. The Bertz CT molecular complexity index is 346. The van der Waals surface area contributed by atoms with Crippen molar-refractivity contribution in [1.29, 1.82) is 0 Å². The van der Waals surface area contributed by atoms with Crippen molar-refractivity contribution in [3.05, 3.63) is 0 Å². The normalized spacial score (nSPS) is 19.1. The zero-order valence-electron chi connectivity index (χ0n) is 10.8. The van der Waals surface area contributed by atoms with E-state index in [0.29, 0.717) is 6.54 Å². The molecule has 1 saturated heterocycles. The molecule has 6 nitrogen and oxygen atoms in total. The summed E-state index contributed by atoms with van der Waals surface area (Å²) >= 11 is 4.65. The van der Waals surface area contributed by atoms with Gasteiger partial charge in [0.15, 0.2) is 0 Å². The van der Waals surface area contributed by atoms with Gasteiger partial charge in [-0.2, -0.15) is 0 Å². The molecule has 0 aliphatic carbocycles. The summed E-state index contributed by atoms with van der Waals surface area (Å²) < 4.78 is 0. The fourth-order valence-electron chi connectivity index (χ4n) is 2.09. The van der Waals surface area contributed by atoms with Gasteiger partial charge in [0.1, 0.15) is 0 Å². The maximum atomic E-state index is 12.0. The van der Waals surface area contributed by atoms with E-state index < -0.39 is 11.8 Å². The molecule has 1 rings (SSSR count). The van der Waals surface area contributed by atoms with Crippen molar-refractivity contribution in [2.75, 3.05) is 33.7 Å². The van der Waals surface area contributed by atoms with Crippen molar-refractivity contribution in [2.45, 2.75) is 18.9 Å². The summed E-state index contributed by atoms with van der Waals surface area (Å²) in [4.78, 5) is 27.4. The smallest absolute Gasteiger partial charge is 0.312 e. The first-order chi connectivity index (χ1) is 8.41. The lowest BCUT2D eigenvalue weighted by molar-refractivity contribution is -0.146. The van der Waals surface area contributed by atoms with Crippen LogP contribution in [0.4, 0.5) is 0 Å². The van der Waals surface area contributed by atoms with Gasteiger partial charge in [-0.05, 0) is 26.9 Å². The first-order valence-corrected chi connectivity index (χ1v) is 6.34. The fourth-order valence-corrected chi connectivity index (χ4v) is 2.16. The standard InChI is InChI=1S/C11H20N4O2S/c1-14(2)7-8-4-3-5-15(8)11(17)10(16)13-6-9(12)18/h8H,3-7H2,1-2H3,(H2,12,18)(H,13,16). The summed E-state index contributed by atoms with van der Waals surface area (Å²) in [6.45, 7) is 1.47. The van der Waals surface area contributed by atoms with Crippen LogP contribution in [0.5, 0.6) is 0 Å². The van der Waals surface area contributed by atoms with E-state index in [0.717, 1.165) is 19.4 Å². The number of rotatable bonds is 4. The van der Waals surface area contributed by atoms with Crippen LogP contribution in [0.15, 0.2) is 0 Å². The third kappa shape index (κ3) is 4.23. The van der Waals surface area contributed by atoms with E-state index in [1.807, 2.05) is 19.0 Å². The third-order valence-corrected chi connectivity index (χ3v) is 2.98. The van der Waals surface area contributed by atoms with Crippen molar-refractivity contribution in [3.63, 3.8) is 0 Å². The van der Waals surface area contributed by atoms with Crippen LogP contribution in [0.1, 0.15) is 12.8 Å². The SMILES string of the molecule is CN(C)CC1CCCN1C(=O)C(=O)NCC(N)=S. The number of likely N-dealkylation sites (tertiary alicyclic amines) is 1. The van der Waals surface area contributed by atoms with Gasteiger partial charge < -0.3 is 20.9 Å². The number of hydrogen-bond acceptors (Lipinski definition) is 4. The van der Waals surface area contributed by atoms with Crippen LogP contribution in [-0.2, 0) is 9.59 Å². The number of likely N-dealkylation sites (N-methyl/N-ethyl adjacent to an activating group) is 1. The monoisotopic (exact) mass is 272 g/mol. The number of carbonyl (C=O) groups is 2. The molecule has 3 N–H and O–H groups in total. The molecule has 1 fully saturated rings. The van der Waals surface area contributed by atoms with Crippen LogP contribution in [-0.4, -0.2) is 66.4 Å². The number of nitrogens with one attached hydrogen (secondary N) is 1. The minimum Gasteiger partial charge on any atom is -0.392 e. The molecule has 0 aromatic carbocycles. The molecule has 0 radical (unpaired) electrons. The average molecular weight is 272 g/mol. The first-order valence-electron chi connectivity index (χ1n) is 5.93. The summed E-state index contributed by atoms with van der Waals surface area (Å²) in [6.07, 6.45) is 1.87. The molecule has 2 amide bonds. The van der Waals surface area contributed by atoms with Gasteiger partial charge >= 0.3 is 11.8 Å². The Hall–Kier alpha value is -1.21. The quantitative estimate of drug-likeness (QED) is 0.504. The van der Waals surface area contributed by atoms with Crippen molar-refractivity contribution < 1.29 is 9.59 Å². The number of amides is 2. The van der Waals surface area contributed by atoms with E-state index in [1.54, 1.807) is 4.90 Å². The summed E-state index contributed by atoms with van der Waals surface area (Å²) in [6, 6.07) is 0.114. The lowest BCUT2D eigenvalue weighted by Crippen LogP contribution is -2.49. The summed E-state index contributed by atoms with van der Waals surface area (Å²) in [5.41, 5.74) is 5.27. The van der Waals surface area contributed by atoms with Crippen LogP contribution < -0.4 is 11.1 Å². The van der Waals surface area contributed by atoms with E-state index in [4.69, 9.17) is 5.73 Å². The number of hydrogen-bond donors (Lipinski definition) is 2. The van der Waals surface area contributed by atoms with Crippen LogP contribution in [0, 0.1) is 0 Å². The number of carbonyl (C=O) groups excluding carboxylic acids is 2. The van der Waals surface area contributed by atoms with Gasteiger partial charge in [0.05, 0.1) is 11.5 Å². The van der Waals surface area contributed by atoms with E-state index in [9.17, 15) is 9.59 Å². The molecule has 0 bridgehead atoms. The van der Waals surface area contributed by atoms with Crippen LogP contribution in [0.3, 0.4) is 0 Å². The Labute approximate surface area is 112 Å². The fraction of sp³-hybridized carbons (Fsp3) is 0.727. The molecule has 7 heteroatoms. The second-order valence-electron chi connectivity index (χ2n) is 4.71. The molecule has 1 aliphatic heterocycles. The minimum absolute atomic E-state index is 0.0616. The Kier molecular flexibility index (Phi) is 5.49. The van der Waals surface area contributed by atoms with Gasteiger partial charge in [-0.3, -0.25) is 9.59 Å². The van der Waals surface area contributed by atoms with Crippen molar-refractivity contribution >= 4 is 29.0 Å². The average Bonchev–Trinajstić information content (AvgIpc) is 2.71. The highest BCUT2D eigenvalue weighted by atomic mass is 32.1. The number of thiocarbonyl (C=S) groups is 1. The predicted molar refractivity (Wildman–Crippen MR) is 73.1 cm³/mol. The highest BCUT2D eigenvalue weighted by Gasteiger charge is 2.32. The molecule has 0 saturated carbocycles. The van der Waals surface area contributed by atoms with Crippen molar-refractivity contribution in [3.8, 4) is 0 Å². The Morgan fingerprint density at radius 1 is 1.50 bits per heavy atom. The Morgan fingerprint density at radius 2 is 2.17 bits per heavy atom. The zero-order valence-corrected chi connectivity index (χ0v) is 11.6. The van der Waals surface area contributed by atoms with Crippen molar-refractivity contribution in [1.82, 2.24) is 15.1 Å². The van der Waals surface area contributed by atoms with Gasteiger partial charge in [0, 0.05) is 19.1 Å². The number of nitrogens with zero attached hydrogens (tertiary/aromatic N) is 2. The van der Waals surface area contributed by atoms with Crippen molar-refractivity contribution in [2.24, 2.45) is 5.73 Å². The highest BCUT2D eigenvalue weighted by Crippen LogP contribution is 2.17. The maximum Gasteiger partial charge on any atom is 0.312 e. The molecule has 0 aromatic rings. The largest absolute Gasteiger partial charge is 0.392 e. The van der Waals surface area contributed by atoms with E-state index in [-0.39, 0.29) is 17.6 Å². The van der Waals surface area contributed by atoms with Gasteiger partial charge in [-0.25, -0.2) is 0 Å². The number of nitrogens with two attached hydrogens (primary N) is 1. The molecule has 18 heavy (non-hydrogen) atoms. The third-order valence-electron chi connectivity index (χ3n) is 2.83. The van der Waals surface area contributed by atoms with Crippen LogP contribution in [0.2, 0.25) is 0 Å². The van der Waals surface area contributed by atoms with E-state index in [2.05, 4.69) is 17.5 Å². The summed E-state index contributed by atoms with van der Waals surface area (Å²) in [5, 5.41) is 2.42. The highest BCUT2D eigenvalue weighted by molar-refractivity contribution is 7.80. The molecule has 1 unspecified atom stereocenters. The molecule has 0 spiro atoms. The Morgan fingerprint density at radius 3 is 2.72 bits per heavy atom. The molecule has 1 heterocycles. The first kappa shape index (κ1) is 14.8. The van der Waals surface area contributed by atoms with Gasteiger partial charge in [0.25, 0.3) is 0 Å². The molecular weight excluding hydrogens is 252 g/mol. The molecule has 1 aliphatic rings. The lowest BCUT2D eigenvalue weighted by Gasteiger charge is -2.26. The predicted octanol–water partition coefficient (Wildman–Crippen LogP) is -1.06. The van der Waals surface area contributed by atoms with E-state index in [1.165, 1.54) is 0 Å². The zero-order chi connectivity index (χ0) is 13.7. The topological polar surface area (TPSA) is 78.7 Å². The van der Waals surface area contributed by atoms with Crippen LogP contribution in [0.25, 0.3) is 0 Å². The summed E-state index contributed by atoms with van der Waals surface area (Å²) in [5.74, 6) is -1.12. The van der Waals surface area contributed by atoms with Gasteiger partial charge in [-0.1, -0.05) is 12.2 Å². The van der Waals surface area contributed by atoms with E-state index >= 15 is 0 Å². The second-order valence-corrected chi connectivity index (χ2v) is 5.23. The molecular formula is C11H20N4O2S. The second kappa shape index (κ2) is 6.65. The molecule has 1 atom stereocenters. The molecule has 0 aromatic heterocycles. The molecule has 102 valence electrons. The maximum absolute atomic E-state index is 12.0.